The van der Waals surface area contributed by atoms with Crippen LogP contribution in [0, 0.1) is 5.82 Å². The maximum absolute atomic E-state index is 13.7. The molecular formula is C21H22FN3O3S. The van der Waals surface area contributed by atoms with E-state index in [1.54, 1.807) is 48.1 Å². The van der Waals surface area contributed by atoms with Gasteiger partial charge in [-0.15, -0.1) is 0 Å². The van der Waals surface area contributed by atoms with Crippen molar-refractivity contribution in [3.63, 3.8) is 0 Å². The number of nitrogens with one attached hydrogen (secondary N) is 1. The lowest BCUT2D eigenvalue weighted by Gasteiger charge is -2.13. The number of nitrogens with zero attached hydrogens (tertiary/aromatic N) is 2. The van der Waals surface area contributed by atoms with Crippen LogP contribution < -0.4 is 10.9 Å². The van der Waals surface area contributed by atoms with Crippen LogP contribution in [0.3, 0.4) is 0 Å². The Morgan fingerprint density at radius 2 is 1.97 bits per heavy atom. The highest BCUT2D eigenvalue weighted by Gasteiger charge is 2.13. The summed E-state index contributed by atoms with van der Waals surface area (Å²) in [6.45, 7) is 1.08. The summed E-state index contributed by atoms with van der Waals surface area (Å²) >= 11 is 1.19. The zero-order chi connectivity index (χ0) is 20.6. The highest BCUT2D eigenvalue weighted by atomic mass is 32.2. The molecule has 0 aliphatic rings. The molecule has 1 heterocycles. The van der Waals surface area contributed by atoms with Crippen molar-refractivity contribution in [3.05, 3.63) is 70.3 Å². The van der Waals surface area contributed by atoms with E-state index in [0.717, 1.165) is 0 Å². The van der Waals surface area contributed by atoms with Crippen LogP contribution in [-0.4, -0.2) is 34.9 Å². The molecule has 2 aromatic carbocycles. The van der Waals surface area contributed by atoms with Gasteiger partial charge in [0.1, 0.15) is 5.82 Å². The third kappa shape index (κ3) is 5.42. The molecule has 0 aliphatic heterocycles. The summed E-state index contributed by atoms with van der Waals surface area (Å²) in [4.78, 5) is 29.7. The maximum Gasteiger partial charge on any atom is 0.262 e. The molecule has 152 valence electrons. The number of aromatic nitrogens is 2. The normalized spacial score (nSPS) is 11.0. The van der Waals surface area contributed by atoms with Gasteiger partial charge in [-0.2, -0.15) is 0 Å². The van der Waals surface area contributed by atoms with Gasteiger partial charge in [0, 0.05) is 32.4 Å². The number of rotatable bonds is 9. The molecule has 0 spiro atoms. The summed E-state index contributed by atoms with van der Waals surface area (Å²) in [7, 11) is 1.61. The molecule has 6 nitrogen and oxygen atoms in total. The molecule has 1 N–H and O–H groups in total. The van der Waals surface area contributed by atoms with Gasteiger partial charge in [0.2, 0.25) is 5.91 Å². The number of carbonyl (C=O) groups excluding carboxylic acids is 1. The Hall–Kier alpha value is -2.71. The minimum atomic E-state index is -0.358. The van der Waals surface area contributed by atoms with Crippen molar-refractivity contribution in [2.75, 3.05) is 19.5 Å². The van der Waals surface area contributed by atoms with Gasteiger partial charge in [0.15, 0.2) is 5.16 Å². The molecule has 1 amide bonds. The number of thioether (sulfide) groups is 1. The van der Waals surface area contributed by atoms with E-state index in [1.807, 2.05) is 6.07 Å². The van der Waals surface area contributed by atoms with E-state index in [9.17, 15) is 14.0 Å². The fourth-order valence-corrected chi connectivity index (χ4v) is 3.69. The number of amides is 1. The lowest BCUT2D eigenvalue weighted by Crippen LogP contribution is -2.27. The van der Waals surface area contributed by atoms with Gasteiger partial charge in [0.25, 0.3) is 5.56 Å². The number of benzene rings is 2. The van der Waals surface area contributed by atoms with Crippen molar-refractivity contribution < 1.29 is 13.9 Å². The quantitative estimate of drug-likeness (QED) is 0.330. The van der Waals surface area contributed by atoms with Crippen molar-refractivity contribution >= 4 is 28.6 Å². The number of carbonyl (C=O) groups is 1. The smallest absolute Gasteiger partial charge is 0.262 e. The van der Waals surface area contributed by atoms with Gasteiger partial charge in [0.05, 0.1) is 16.7 Å². The lowest BCUT2D eigenvalue weighted by atomic mass is 10.2. The molecule has 0 saturated carbocycles. The number of fused-ring (bicyclic) bond motifs is 1. The Kier molecular flexibility index (Phi) is 7.37. The molecule has 29 heavy (non-hydrogen) atoms. The number of para-hydroxylation sites is 1. The van der Waals surface area contributed by atoms with E-state index < -0.39 is 0 Å². The van der Waals surface area contributed by atoms with Gasteiger partial charge < -0.3 is 10.1 Å². The number of hydrogen-bond donors (Lipinski definition) is 1. The first-order valence-electron chi connectivity index (χ1n) is 9.21. The van der Waals surface area contributed by atoms with E-state index >= 15 is 0 Å². The van der Waals surface area contributed by atoms with Crippen molar-refractivity contribution in [3.8, 4) is 0 Å². The molecule has 0 saturated heterocycles. The number of methoxy groups -OCH3 is 1. The first kappa shape index (κ1) is 21.0. The Morgan fingerprint density at radius 3 is 2.76 bits per heavy atom. The average molecular weight is 415 g/mol. The SMILES string of the molecule is COCCCn1c(SCC(=O)NCc2ccccc2F)nc2ccccc2c1=O. The van der Waals surface area contributed by atoms with Crippen LogP contribution in [0.1, 0.15) is 12.0 Å². The summed E-state index contributed by atoms with van der Waals surface area (Å²) in [5.41, 5.74) is 0.877. The minimum absolute atomic E-state index is 0.0729. The summed E-state index contributed by atoms with van der Waals surface area (Å²) in [5.74, 6) is -0.545. The Bertz CT molecular complexity index is 1050. The number of halogens is 1. The minimum Gasteiger partial charge on any atom is -0.385 e. The Labute approximate surface area is 172 Å². The van der Waals surface area contributed by atoms with Crippen LogP contribution in [0.5, 0.6) is 0 Å². The first-order valence-corrected chi connectivity index (χ1v) is 10.2. The summed E-state index contributed by atoms with van der Waals surface area (Å²) in [6.07, 6.45) is 0.656. The van der Waals surface area contributed by atoms with E-state index in [2.05, 4.69) is 10.3 Å². The van der Waals surface area contributed by atoms with Gasteiger partial charge in [-0.1, -0.05) is 42.1 Å². The largest absolute Gasteiger partial charge is 0.385 e. The van der Waals surface area contributed by atoms with Gasteiger partial charge in [-0.3, -0.25) is 14.2 Å². The van der Waals surface area contributed by atoms with Gasteiger partial charge in [-0.25, -0.2) is 9.37 Å². The molecule has 3 rings (SSSR count). The molecule has 0 atom stereocenters. The number of ether oxygens (including phenoxy) is 1. The molecule has 0 fully saturated rings. The fraction of sp³-hybridized carbons (Fsp3) is 0.286. The van der Waals surface area contributed by atoms with Crippen LogP contribution in [0.15, 0.2) is 58.5 Å². The van der Waals surface area contributed by atoms with E-state index in [1.165, 1.54) is 17.8 Å². The van der Waals surface area contributed by atoms with Gasteiger partial charge >= 0.3 is 0 Å². The van der Waals surface area contributed by atoms with Crippen molar-refractivity contribution in [2.24, 2.45) is 0 Å². The summed E-state index contributed by atoms with van der Waals surface area (Å²) < 4.78 is 20.3. The van der Waals surface area contributed by atoms with Crippen LogP contribution in [0.2, 0.25) is 0 Å². The predicted octanol–water partition coefficient (Wildman–Crippen LogP) is 2.98. The molecule has 0 radical (unpaired) electrons. The summed E-state index contributed by atoms with van der Waals surface area (Å²) in [5, 5.41) is 3.72. The zero-order valence-corrected chi connectivity index (χ0v) is 16.9. The fourth-order valence-electron chi connectivity index (χ4n) is 2.84. The molecule has 0 unspecified atom stereocenters. The van der Waals surface area contributed by atoms with E-state index in [0.29, 0.717) is 41.2 Å². The Balaban J connectivity index is 1.72. The monoisotopic (exact) mass is 415 g/mol. The van der Waals surface area contributed by atoms with Crippen LogP contribution in [0.4, 0.5) is 4.39 Å². The second-order valence-corrected chi connectivity index (χ2v) is 7.31. The first-order chi connectivity index (χ1) is 14.1. The molecule has 8 heteroatoms. The third-order valence-electron chi connectivity index (χ3n) is 4.32. The summed E-state index contributed by atoms with van der Waals surface area (Å²) in [6, 6.07) is 13.4. The second-order valence-electron chi connectivity index (χ2n) is 6.37. The molecule has 0 bridgehead atoms. The molecule has 0 aliphatic carbocycles. The Morgan fingerprint density at radius 1 is 1.21 bits per heavy atom. The highest BCUT2D eigenvalue weighted by Crippen LogP contribution is 2.18. The van der Waals surface area contributed by atoms with Crippen molar-refractivity contribution in [2.45, 2.75) is 24.7 Å². The van der Waals surface area contributed by atoms with Crippen molar-refractivity contribution in [1.82, 2.24) is 14.9 Å². The van der Waals surface area contributed by atoms with Crippen molar-refractivity contribution in [1.29, 1.82) is 0 Å². The molecule has 3 aromatic rings. The predicted molar refractivity (Wildman–Crippen MR) is 111 cm³/mol. The van der Waals surface area contributed by atoms with Crippen LogP contribution in [0.25, 0.3) is 10.9 Å². The van der Waals surface area contributed by atoms with Gasteiger partial charge in [-0.05, 0) is 24.6 Å². The second kappa shape index (κ2) is 10.2. The third-order valence-corrected chi connectivity index (χ3v) is 5.30. The maximum atomic E-state index is 13.7. The van der Waals surface area contributed by atoms with E-state index in [-0.39, 0.29) is 29.6 Å². The molecular weight excluding hydrogens is 393 g/mol. The average Bonchev–Trinajstić information content (AvgIpc) is 2.73. The van der Waals surface area contributed by atoms with Crippen LogP contribution >= 0.6 is 11.8 Å². The number of hydrogen-bond acceptors (Lipinski definition) is 5. The lowest BCUT2D eigenvalue weighted by molar-refractivity contribution is -0.118. The standard InChI is InChI=1S/C21H22FN3O3S/c1-28-12-6-11-25-20(27)16-8-3-5-10-18(16)24-21(25)29-14-19(26)23-13-15-7-2-4-9-17(15)22/h2-5,7-10H,6,11-14H2,1H3,(H,23,26). The highest BCUT2D eigenvalue weighted by molar-refractivity contribution is 7.99. The molecule has 1 aromatic heterocycles. The zero-order valence-electron chi connectivity index (χ0n) is 16.1. The van der Waals surface area contributed by atoms with Crippen LogP contribution in [-0.2, 0) is 22.6 Å². The topological polar surface area (TPSA) is 73.2 Å². The van der Waals surface area contributed by atoms with E-state index in [4.69, 9.17) is 4.74 Å².